The maximum absolute atomic E-state index is 5.51. The second kappa shape index (κ2) is 3.09. The summed E-state index contributed by atoms with van der Waals surface area (Å²) in [6.45, 7) is 0. The van der Waals surface area contributed by atoms with Crippen LogP contribution in [0.3, 0.4) is 0 Å². The molecular weight excluding hydrogens is 239 g/mol. The molecule has 0 aliphatic heterocycles. The van der Waals surface area contributed by atoms with Crippen LogP contribution >= 0.6 is 22.9 Å². The van der Waals surface area contributed by atoms with Crippen LogP contribution in [0.1, 0.15) is 0 Å². The molecule has 0 saturated heterocycles. The Bertz CT molecular complexity index is 205. The average Bonchev–Trinajstić information content (AvgIpc) is 1.88. The summed E-state index contributed by atoms with van der Waals surface area (Å²) in [5.74, 6) is 0. The Hall–Kier alpha value is -0.450. The lowest BCUT2D eigenvalue weighted by atomic mass is 10.3. The van der Waals surface area contributed by atoms with Gasteiger partial charge in [0.25, 0.3) is 0 Å². The van der Waals surface area contributed by atoms with Crippen molar-refractivity contribution in [3.8, 4) is 0 Å². The highest BCUT2D eigenvalue weighted by Crippen LogP contribution is 2.16. The van der Waals surface area contributed by atoms with Crippen molar-refractivity contribution in [3.63, 3.8) is 0 Å². The topological polar surface area (TPSA) is 29.3 Å². The molecule has 1 aromatic carbocycles. The first kappa shape index (κ1) is 7.65. The number of benzene rings is 1. The number of nitrogens with zero attached hydrogens (tertiary/aromatic N) is 1. The van der Waals surface area contributed by atoms with Gasteiger partial charge in [0, 0.05) is 18.4 Å². The Morgan fingerprint density at radius 2 is 1.80 bits per heavy atom. The molecule has 2 nitrogen and oxygen atoms in total. The number of nitrogens with two attached hydrogens (primary N) is 1. The van der Waals surface area contributed by atoms with Gasteiger partial charge in [-0.1, -0.05) is 0 Å². The summed E-state index contributed by atoms with van der Waals surface area (Å²) in [4.78, 5) is 0. The molecule has 0 spiro atoms. The van der Waals surface area contributed by atoms with E-state index >= 15 is 0 Å². The van der Waals surface area contributed by atoms with Gasteiger partial charge in [0.2, 0.25) is 0 Å². The zero-order valence-electron chi connectivity index (χ0n) is 5.71. The van der Waals surface area contributed by atoms with Gasteiger partial charge >= 0.3 is 0 Å². The summed E-state index contributed by atoms with van der Waals surface area (Å²) >= 11 is 2.21. The van der Waals surface area contributed by atoms with Gasteiger partial charge in [-0.05, 0) is 24.3 Å². The van der Waals surface area contributed by atoms with E-state index in [9.17, 15) is 0 Å². The third-order valence-electron chi connectivity index (χ3n) is 1.25. The molecule has 0 aromatic heterocycles. The Labute approximate surface area is 74.5 Å². The predicted octanol–water partition coefficient (Wildman–Crippen LogP) is 2.05. The second-order valence-electron chi connectivity index (χ2n) is 2.07. The minimum absolute atomic E-state index is 0.807. The first-order valence-electron chi connectivity index (χ1n) is 2.95. The van der Waals surface area contributed by atoms with Crippen molar-refractivity contribution in [1.82, 2.24) is 0 Å². The summed E-state index contributed by atoms with van der Waals surface area (Å²) in [7, 11) is 1.99. The van der Waals surface area contributed by atoms with E-state index in [1.807, 2.05) is 34.4 Å². The van der Waals surface area contributed by atoms with Crippen LogP contribution in [0, 0.1) is 0 Å². The van der Waals surface area contributed by atoms with Gasteiger partial charge in [0.05, 0.1) is 22.9 Å². The van der Waals surface area contributed by atoms with Crippen molar-refractivity contribution < 1.29 is 0 Å². The van der Waals surface area contributed by atoms with E-state index in [-0.39, 0.29) is 0 Å². The number of halogens is 1. The SMILES string of the molecule is CN(I)c1ccc(N)cc1. The lowest BCUT2D eigenvalue weighted by Crippen LogP contribution is -1.98. The number of rotatable bonds is 1. The van der Waals surface area contributed by atoms with Crippen LogP contribution in [0.2, 0.25) is 0 Å². The maximum Gasteiger partial charge on any atom is 0.0588 e. The zero-order valence-corrected chi connectivity index (χ0v) is 7.87. The quantitative estimate of drug-likeness (QED) is 0.468. The van der Waals surface area contributed by atoms with Crippen LogP contribution < -0.4 is 8.85 Å². The van der Waals surface area contributed by atoms with E-state index in [2.05, 4.69) is 22.9 Å². The highest BCUT2D eigenvalue weighted by Gasteiger charge is 1.92. The molecule has 0 radical (unpaired) electrons. The first-order valence-corrected chi connectivity index (χ1v) is 3.91. The highest BCUT2D eigenvalue weighted by molar-refractivity contribution is 14.1. The first-order chi connectivity index (χ1) is 4.70. The fraction of sp³-hybridized carbons (Fsp3) is 0.143. The summed E-state index contributed by atoms with van der Waals surface area (Å²) in [6.07, 6.45) is 0. The second-order valence-corrected chi connectivity index (χ2v) is 3.52. The normalized spacial score (nSPS) is 9.40. The summed E-state index contributed by atoms with van der Waals surface area (Å²) in [6, 6.07) is 7.76. The van der Waals surface area contributed by atoms with E-state index < -0.39 is 0 Å². The van der Waals surface area contributed by atoms with Gasteiger partial charge in [0.15, 0.2) is 0 Å². The van der Waals surface area contributed by atoms with Crippen molar-refractivity contribution >= 4 is 34.2 Å². The molecule has 0 atom stereocenters. The molecule has 0 amide bonds. The molecule has 0 fully saturated rings. The summed E-state index contributed by atoms with van der Waals surface area (Å²) < 4.78 is 2.01. The molecule has 3 heteroatoms. The molecule has 1 rings (SSSR count). The van der Waals surface area contributed by atoms with Crippen LogP contribution in [0.25, 0.3) is 0 Å². The van der Waals surface area contributed by atoms with Crippen LogP contribution in [0.4, 0.5) is 11.4 Å². The van der Waals surface area contributed by atoms with Gasteiger partial charge in [-0.15, -0.1) is 0 Å². The van der Waals surface area contributed by atoms with Gasteiger partial charge < -0.3 is 8.85 Å². The largest absolute Gasteiger partial charge is 0.399 e. The predicted molar refractivity (Wildman–Crippen MR) is 53.3 cm³/mol. The third kappa shape index (κ3) is 1.76. The van der Waals surface area contributed by atoms with Crippen LogP contribution in [0.15, 0.2) is 24.3 Å². The molecule has 0 aliphatic carbocycles. The standard InChI is InChI=1S/C7H9IN2/c1-10(8)7-4-2-6(9)3-5-7/h2-5H,9H2,1H3. The smallest absolute Gasteiger partial charge is 0.0588 e. The Morgan fingerprint density at radius 3 is 2.20 bits per heavy atom. The van der Waals surface area contributed by atoms with Crippen LogP contribution in [-0.2, 0) is 0 Å². The maximum atomic E-state index is 5.51. The summed E-state index contributed by atoms with van der Waals surface area (Å²) in [5, 5.41) is 0. The molecule has 2 N–H and O–H groups in total. The van der Waals surface area contributed by atoms with Crippen molar-refractivity contribution in [2.24, 2.45) is 0 Å². The van der Waals surface area contributed by atoms with E-state index in [4.69, 9.17) is 5.73 Å². The van der Waals surface area contributed by atoms with Crippen LogP contribution in [0.5, 0.6) is 0 Å². The highest BCUT2D eigenvalue weighted by atomic mass is 127. The van der Waals surface area contributed by atoms with Crippen molar-refractivity contribution in [1.29, 1.82) is 0 Å². The summed E-state index contributed by atoms with van der Waals surface area (Å²) in [5.41, 5.74) is 7.48. The van der Waals surface area contributed by atoms with Crippen molar-refractivity contribution in [3.05, 3.63) is 24.3 Å². The third-order valence-corrected chi connectivity index (χ3v) is 1.81. The Kier molecular flexibility index (Phi) is 2.37. The van der Waals surface area contributed by atoms with E-state index in [0.29, 0.717) is 0 Å². The number of anilines is 2. The average molecular weight is 248 g/mol. The number of hydrogen-bond acceptors (Lipinski definition) is 2. The Balaban J connectivity index is 2.89. The number of nitrogen functional groups attached to an aromatic ring is 1. The fourth-order valence-electron chi connectivity index (χ4n) is 0.680. The van der Waals surface area contributed by atoms with E-state index in [1.54, 1.807) is 0 Å². The lowest BCUT2D eigenvalue weighted by molar-refractivity contribution is 1.41. The monoisotopic (exact) mass is 248 g/mol. The Morgan fingerprint density at radius 1 is 1.30 bits per heavy atom. The molecule has 1 aromatic rings. The van der Waals surface area contributed by atoms with E-state index in [1.165, 1.54) is 0 Å². The minimum atomic E-state index is 0.807. The van der Waals surface area contributed by atoms with Gasteiger partial charge in [-0.2, -0.15) is 0 Å². The molecule has 54 valence electrons. The minimum Gasteiger partial charge on any atom is -0.399 e. The van der Waals surface area contributed by atoms with Gasteiger partial charge in [-0.3, -0.25) is 0 Å². The molecular formula is C7H9IN2. The molecule has 0 aliphatic rings. The molecule has 0 bridgehead atoms. The molecule has 0 unspecified atom stereocenters. The lowest BCUT2D eigenvalue weighted by Gasteiger charge is -2.08. The van der Waals surface area contributed by atoms with Crippen molar-refractivity contribution in [2.75, 3.05) is 15.9 Å². The van der Waals surface area contributed by atoms with Crippen LogP contribution in [-0.4, -0.2) is 7.05 Å². The van der Waals surface area contributed by atoms with Gasteiger partial charge in [-0.25, -0.2) is 0 Å². The molecule has 0 saturated carbocycles. The molecule has 0 heterocycles. The number of hydrogen-bond donors (Lipinski definition) is 1. The van der Waals surface area contributed by atoms with Gasteiger partial charge in [0.1, 0.15) is 0 Å². The van der Waals surface area contributed by atoms with Crippen molar-refractivity contribution in [2.45, 2.75) is 0 Å². The zero-order chi connectivity index (χ0) is 7.56. The van der Waals surface area contributed by atoms with E-state index in [0.717, 1.165) is 11.4 Å². The fourth-order valence-corrected chi connectivity index (χ4v) is 1.00. The molecule has 10 heavy (non-hydrogen) atoms.